The minimum absolute atomic E-state index is 0.0979. The molecular formula is C26H28FN5OS. The zero-order valence-corrected chi connectivity index (χ0v) is 19.7. The van der Waals surface area contributed by atoms with Crippen molar-refractivity contribution < 1.29 is 9.18 Å². The number of aromatic nitrogens is 2. The Bertz CT molecular complexity index is 1160. The second kappa shape index (κ2) is 9.93. The van der Waals surface area contributed by atoms with Gasteiger partial charge in [0.25, 0.3) is 0 Å². The van der Waals surface area contributed by atoms with Crippen LogP contribution in [-0.4, -0.2) is 32.0 Å². The fourth-order valence-corrected chi connectivity index (χ4v) is 5.47. The van der Waals surface area contributed by atoms with Crippen LogP contribution < -0.4 is 10.6 Å². The molecule has 6 nitrogen and oxygen atoms in total. The van der Waals surface area contributed by atoms with Crippen LogP contribution in [0.4, 0.5) is 10.1 Å². The summed E-state index contributed by atoms with van der Waals surface area (Å²) in [6.07, 6.45) is 8.96. The lowest BCUT2D eigenvalue weighted by molar-refractivity contribution is -0.116. The molecule has 176 valence electrons. The molecule has 2 aliphatic rings. The van der Waals surface area contributed by atoms with E-state index in [4.69, 9.17) is 12.2 Å². The summed E-state index contributed by atoms with van der Waals surface area (Å²) in [5, 5.41) is 6.72. The van der Waals surface area contributed by atoms with E-state index in [-0.39, 0.29) is 30.1 Å². The van der Waals surface area contributed by atoms with Gasteiger partial charge in [-0.25, -0.2) is 4.39 Å². The first-order chi connectivity index (χ1) is 16.6. The largest absolute Gasteiger partial charge is 0.352 e. The Hall–Kier alpha value is -3.26. The molecule has 2 fully saturated rings. The van der Waals surface area contributed by atoms with E-state index >= 15 is 0 Å². The van der Waals surface area contributed by atoms with Gasteiger partial charge in [0.15, 0.2) is 5.11 Å². The fourth-order valence-electron chi connectivity index (χ4n) is 5.14. The van der Waals surface area contributed by atoms with Crippen molar-refractivity contribution in [2.24, 2.45) is 0 Å². The van der Waals surface area contributed by atoms with E-state index in [2.05, 4.69) is 43.4 Å². The first-order valence-electron chi connectivity index (χ1n) is 11.8. The maximum absolute atomic E-state index is 14.0. The standard InChI is InChI=1S/C26H28FN5OS/c27-19-10-3-4-11-20(19)29-23(33)14-17-32-25(22-13-7-16-31(22)18-8-1-2-9-18)24(30-26(32)34)21-12-5-6-15-28-21/h3-7,10-13,15-16,18,24-25H,1-2,8-9,14,17H2,(H,29,33)(H,30,34)/t24-,25+/m1/s1. The van der Waals surface area contributed by atoms with Crippen molar-refractivity contribution in [3.05, 3.63) is 84.2 Å². The molecule has 3 heterocycles. The lowest BCUT2D eigenvalue weighted by atomic mass is 10.0. The van der Waals surface area contributed by atoms with Gasteiger partial charge < -0.3 is 20.1 Å². The van der Waals surface area contributed by atoms with Crippen LogP contribution in [0.25, 0.3) is 0 Å². The number of hydrogen-bond acceptors (Lipinski definition) is 3. The Morgan fingerprint density at radius 2 is 1.91 bits per heavy atom. The summed E-state index contributed by atoms with van der Waals surface area (Å²) in [5.74, 6) is -0.698. The predicted octanol–water partition coefficient (Wildman–Crippen LogP) is 5.14. The lowest BCUT2D eigenvalue weighted by Crippen LogP contribution is -2.33. The molecule has 8 heteroatoms. The average Bonchev–Trinajstić information content (AvgIpc) is 3.59. The zero-order chi connectivity index (χ0) is 23.5. The summed E-state index contributed by atoms with van der Waals surface area (Å²) in [6, 6.07) is 16.6. The van der Waals surface area contributed by atoms with Gasteiger partial charge in [0.2, 0.25) is 5.91 Å². The molecule has 5 rings (SSSR count). The minimum Gasteiger partial charge on any atom is -0.352 e. The SMILES string of the molecule is O=C(CCN1C(=S)N[C@H](c2ccccn2)[C@@H]1c1cccn1C1CCCC1)Nc1ccccc1F. The van der Waals surface area contributed by atoms with Crippen LogP contribution in [0.15, 0.2) is 67.0 Å². The van der Waals surface area contributed by atoms with Gasteiger partial charge >= 0.3 is 0 Å². The lowest BCUT2D eigenvalue weighted by Gasteiger charge is -2.30. The highest BCUT2D eigenvalue weighted by Crippen LogP contribution is 2.41. The van der Waals surface area contributed by atoms with Crippen molar-refractivity contribution in [3.63, 3.8) is 0 Å². The van der Waals surface area contributed by atoms with Gasteiger partial charge in [-0.3, -0.25) is 9.78 Å². The normalized spacial score (nSPS) is 20.5. The van der Waals surface area contributed by atoms with Crippen molar-refractivity contribution in [3.8, 4) is 0 Å². The predicted molar refractivity (Wildman–Crippen MR) is 134 cm³/mol. The van der Waals surface area contributed by atoms with E-state index in [1.165, 1.54) is 37.4 Å². The van der Waals surface area contributed by atoms with Gasteiger partial charge in [0.1, 0.15) is 5.82 Å². The second-order valence-electron chi connectivity index (χ2n) is 8.88. The topological polar surface area (TPSA) is 62.2 Å². The molecule has 0 bridgehead atoms. The third-order valence-corrected chi connectivity index (χ3v) is 7.11. The van der Waals surface area contributed by atoms with Crippen LogP contribution in [0.2, 0.25) is 0 Å². The number of anilines is 1. The quantitative estimate of drug-likeness (QED) is 0.462. The van der Waals surface area contributed by atoms with Gasteiger partial charge in [-0.2, -0.15) is 0 Å². The summed E-state index contributed by atoms with van der Waals surface area (Å²) in [5.41, 5.74) is 2.27. The van der Waals surface area contributed by atoms with E-state index < -0.39 is 5.82 Å². The molecule has 2 atom stereocenters. The molecule has 0 unspecified atom stereocenters. The molecule has 1 aliphatic heterocycles. The molecule has 2 N–H and O–H groups in total. The highest BCUT2D eigenvalue weighted by molar-refractivity contribution is 7.80. The van der Waals surface area contributed by atoms with Gasteiger partial charge in [0, 0.05) is 37.1 Å². The van der Waals surface area contributed by atoms with Gasteiger partial charge in [0.05, 0.1) is 23.5 Å². The van der Waals surface area contributed by atoms with Gasteiger partial charge in [-0.1, -0.05) is 31.0 Å². The summed E-state index contributed by atoms with van der Waals surface area (Å²) in [7, 11) is 0. The molecule has 1 aliphatic carbocycles. The Labute approximate surface area is 204 Å². The van der Waals surface area contributed by atoms with Crippen LogP contribution in [-0.2, 0) is 4.79 Å². The minimum atomic E-state index is -0.448. The number of para-hydroxylation sites is 1. The zero-order valence-electron chi connectivity index (χ0n) is 18.9. The van der Waals surface area contributed by atoms with Crippen LogP contribution in [0.3, 0.4) is 0 Å². The smallest absolute Gasteiger partial charge is 0.226 e. The maximum atomic E-state index is 14.0. The highest BCUT2D eigenvalue weighted by atomic mass is 32.1. The average molecular weight is 478 g/mol. The summed E-state index contributed by atoms with van der Waals surface area (Å²) >= 11 is 5.74. The molecule has 1 saturated heterocycles. The van der Waals surface area contributed by atoms with Crippen molar-refractivity contribution in [2.75, 3.05) is 11.9 Å². The Kier molecular flexibility index (Phi) is 6.58. The van der Waals surface area contributed by atoms with Gasteiger partial charge in [-0.05, 0) is 61.5 Å². The van der Waals surface area contributed by atoms with E-state index in [9.17, 15) is 9.18 Å². The molecule has 3 aromatic rings. The Morgan fingerprint density at radius 3 is 2.68 bits per heavy atom. The van der Waals surface area contributed by atoms with E-state index in [1.807, 2.05) is 18.2 Å². The molecule has 0 spiro atoms. The second-order valence-corrected chi connectivity index (χ2v) is 9.26. The number of benzene rings is 1. The highest BCUT2D eigenvalue weighted by Gasteiger charge is 2.41. The van der Waals surface area contributed by atoms with Crippen molar-refractivity contribution in [1.29, 1.82) is 0 Å². The number of amides is 1. The first kappa shape index (κ1) is 22.5. The number of carbonyl (C=O) groups is 1. The number of nitrogens with one attached hydrogen (secondary N) is 2. The molecule has 1 aromatic carbocycles. The Balaban J connectivity index is 1.40. The molecule has 2 aromatic heterocycles. The molecule has 34 heavy (non-hydrogen) atoms. The number of hydrogen-bond donors (Lipinski definition) is 2. The monoisotopic (exact) mass is 477 g/mol. The summed E-state index contributed by atoms with van der Waals surface area (Å²) in [4.78, 5) is 19.3. The van der Waals surface area contributed by atoms with E-state index in [1.54, 1.807) is 24.4 Å². The maximum Gasteiger partial charge on any atom is 0.226 e. The van der Waals surface area contributed by atoms with Gasteiger partial charge in [-0.15, -0.1) is 0 Å². The summed E-state index contributed by atoms with van der Waals surface area (Å²) < 4.78 is 16.4. The van der Waals surface area contributed by atoms with Crippen LogP contribution in [0.1, 0.15) is 61.6 Å². The first-order valence-corrected chi connectivity index (χ1v) is 12.2. The number of nitrogens with zero attached hydrogens (tertiary/aromatic N) is 3. The third-order valence-electron chi connectivity index (χ3n) is 6.76. The van der Waals surface area contributed by atoms with Crippen LogP contribution in [0, 0.1) is 5.82 Å². The third kappa shape index (κ3) is 4.55. The number of halogens is 1. The molecule has 0 radical (unpaired) electrons. The summed E-state index contributed by atoms with van der Waals surface area (Å²) in [6.45, 7) is 0.413. The number of pyridine rings is 1. The van der Waals surface area contributed by atoms with Crippen LogP contribution in [0.5, 0.6) is 0 Å². The van der Waals surface area contributed by atoms with Crippen LogP contribution >= 0.6 is 12.2 Å². The number of thiocarbonyl (C=S) groups is 1. The van der Waals surface area contributed by atoms with Crippen molar-refractivity contribution >= 4 is 28.9 Å². The van der Waals surface area contributed by atoms with Crippen molar-refractivity contribution in [1.82, 2.24) is 19.8 Å². The fraction of sp³-hybridized carbons (Fsp3) is 0.346. The van der Waals surface area contributed by atoms with E-state index in [0.717, 1.165) is 5.69 Å². The molecule has 1 amide bonds. The number of rotatable bonds is 7. The Morgan fingerprint density at radius 1 is 1.12 bits per heavy atom. The molecular weight excluding hydrogens is 449 g/mol. The van der Waals surface area contributed by atoms with Crippen molar-refractivity contribution in [2.45, 2.75) is 50.2 Å². The van der Waals surface area contributed by atoms with E-state index in [0.29, 0.717) is 17.7 Å². The molecule has 1 saturated carbocycles. The number of carbonyl (C=O) groups excluding carboxylic acids is 1.